The van der Waals surface area contributed by atoms with Crippen molar-refractivity contribution in [3.05, 3.63) is 41.5 Å². The fourth-order valence-electron chi connectivity index (χ4n) is 2.16. The summed E-state index contributed by atoms with van der Waals surface area (Å²) in [5.74, 6) is -2.24. The first-order valence-corrected chi connectivity index (χ1v) is 6.44. The van der Waals surface area contributed by atoms with Crippen molar-refractivity contribution in [3.63, 3.8) is 0 Å². The molecule has 0 N–H and O–H groups in total. The van der Waals surface area contributed by atoms with Crippen LogP contribution in [0.4, 0.5) is 0 Å². The maximum atomic E-state index is 12.0. The summed E-state index contributed by atoms with van der Waals surface area (Å²) in [6, 6.07) is 8.90. The minimum absolute atomic E-state index is 0.151. The Morgan fingerprint density at radius 3 is 2.35 bits per heavy atom. The van der Waals surface area contributed by atoms with Crippen molar-refractivity contribution in [3.8, 4) is 0 Å². The Balaban J connectivity index is 2.60. The lowest BCUT2D eigenvalue weighted by atomic mass is 10.1. The highest BCUT2D eigenvalue weighted by molar-refractivity contribution is 6.54. The van der Waals surface area contributed by atoms with Crippen LogP contribution in [0.25, 0.3) is 5.70 Å². The van der Waals surface area contributed by atoms with Gasteiger partial charge in [-0.25, -0.2) is 4.79 Å². The highest BCUT2D eigenvalue weighted by atomic mass is 16.5. The molecular weight excluding hydrogens is 258 g/mol. The summed E-state index contributed by atoms with van der Waals surface area (Å²) < 4.78 is 4.89. The Bertz CT molecular complexity index is 589. The van der Waals surface area contributed by atoms with Crippen LogP contribution in [0.15, 0.2) is 35.9 Å². The van der Waals surface area contributed by atoms with Crippen molar-refractivity contribution < 1.29 is 19.1 Å². The molecule has 1 aliphatic heterocycles. The molecule has 1 aliphatic rings. The number of rotatable bonds is 4. The molecule has 1 aromatic carbocycles. The smallest absolute Gasteiger partial charge is 0.344 e. The first-order valence-electron chi connectivity index (χ1n) is 6.44. The molecular formula is C15H15NO4. The summed E-state index contributed by atoms with van der Waals surface area (Å²) in [6.45, 7) is 3.87. The fraction of sp³-hybridized carbons (Fsp3) is 0.267. The molecule has 0 spiro atoms. The number of hydrogen-bond donors (Lipinski definition) is 0. The van der Waals surface area contributed by atoms with Gasteiger partial charge in [0.2, 0.25) is 0 Å². The van der Waals surface area contributed by atoms with Crippen molar-refractivity contribution in [2.75, 3.05) is 13.2 Å². The van der Waals surface area contributed by atoms with Crippen molar-refractivity contribution >= 4 is 23.4 Å². The quantitative estimate of drug-likeness (QED) is 0.472. The first kappa shape index (κ1) is 14.0. The van der Waals surface area contributed by atoms with Gasteiger partial charge in [-0.2, -0.15) is 0 Å². The van der Waals surface area contributed by atoms with E-state index in [0.717, 1.165) is 0 Å². The second-order valence-corrected chi connectivity index (χ2v) is 4.19. The van der Waals surface area contributed by atoms with Gasteiger partial charge < -0.3 is 9.64 Å². The number of ether oxygens (including phenoxy) is 1. The molecule has 0 bridgehead atoms. The average Bonchev–Trinajstić information content (AvgIpc) is 2.72. The van der Waals surface area contributed by atoms with Crippen LogP contribution in [0.3, 0.4) is 0 Å². The van der Waals surface area contributed by atoms with Crippen LogP contribution in [0, 0.1) is 0 Å². The van der Waals surface area contributed by atoms with E-state index < -0.39 is 17.7 Å². The van der Waals surface area contributed by atoms with E-state index in [4.69, 9.17) is 4.74 Å². The van der Waals surface area contributed by atoms with Gasteiger partial charge in [0.1, 0.15) is 5.57 Å². The van der Waals surface area contributed by atoms with Gasteiger partial charge in [0.05, 0.1) is 12.3 Å². The van der Waals surface area contributed by atoms with Crippen LogP contribution in [0.5, 0.6) is 0 Å². The van der Waals surface area contributed by atoms with Gasteiger partial charge in [-0.3, -0.25) is 9.59 Å². The van der Waals surface area contributed by atoms with Gasteiger partial charge >= 0.3 is 5.97 Å². The second-order valence-electron chi connectivity index (χ2n) is 4.19. The molecule has 104 valence electrons. The number of likely N-dealkylation sites (N-methyl/N-ethyl adjacent to an activating group) is 1. The zero-order valence-corrected chi connectivity index (χ0v) is 11.4. The van der Waals surface area contributed by atoms with E-state index in [1.807, 2.05) is 6.07 Å². The standard InChI is InChI=1S/C15H15NO4/c1-3-16-12(10-8-6-5-7-9-10)11(13(17)14(16)18)15(19)20-4-2/h5-9H,3-4H2,1-2H3. The Morgan fingerprint density at radius 2 is 1.80 bits per heavy atom. The average molecular weight is 273 g/mol. The monoisotopic (exact) mass is 273 g/mol. The topological polar surface area (TPSA) is 63.7 Å². The Hall–Kier alpha value is -2.43. The van der Waals surface area contributed by atoms with Crippen LogP contribution >= 0.6 is 0 Å². The number of amides is 1. The second kappa shape index (κ2) is 5.69. The molecule has 0 atom stereocenters. The van der Waals surface area contributed by atoms with Crippen molar-refractivity contribution in [1.29, 1.82) is 0 Å². The molecule has 0 radical (unpaired) electrons. The summed E-state index contributed by atoms with van der Waals surface area (Å²) in [4.78, 5) is 37.3. The molecule has 1 aromatic rings. The van der Waals surface area contributed by atoms with E-state index in [-0.39, 0.29) is 12.2 Å². The summed E-state index contributed by atoms with van der Waals surface area (Å²) in [5, 5.41) is 0. The molecule has 0 fully saturated rings. The normalized spacial score (nSPS) is 15.0. The predicted octanol–water partition coefficient (Wildman–Crippen LogP) is 1.39. The lowest BCUT2D eigenvalue weighted by Crippen LogP contribution is -2.28. The third-order valence-electron chi connectivity index (χ3n) is 3.02. The van der Waals surface area contributed by atoms with E-state index in [1.54, 1.807) is 38.1 Å². The van der Waals surface area contributed by atoms with E-state index in [9.17, 15) is 14.4 Å². The SMILES string of the molecule is CCOC(=O)C1=C(c2ccccc2)N(CC)C(=O)C1=O. The van der Waals surface area contributed by atoms with E-state index >= 15 is 0 Å². The van der Waals surface area contributed by atoms with Crippen LogP contribution < -0.4 is 0 Å². The number of ketones is 1. The van der Waals surface area contributed by atoms with Gasteiger partial charge in [0, 0.05) is 6.54 Å². The van der Waals surface area contributed by atoms with Crippen LogP contribution in [0.2, 0.25) is 0 Å². The largest absolute Gasteiger partial charge is 0.462 e. The van der Waals surface area contributed by atoms with Gasteiger partial charge in [0.25, 0.3) is 11.7 Å². The highest BCUT2D eigenvalue weighted by Gasteiger charge is 2.42. The number of carbonyl (C=O) groups is 3. The maximum absolute atomic E-state index is 12.0. The van der Waals surface area contributed by atoms with Crippen molar-refractivity contribution in [2.45, 2.75) is 13.8 Å². The molecule has 20 heavy (non-hydrogen) atoms. The number of nitrogens with zero attached hydrogens (tertiary/aromatic N) is 1. The Morgan fingerprint density at radius 1 is 1.15 bits per heavy atom. The molecule has 2 rings (SSSR count). The minimum Gasteiger partial charge on any atom is -0.462 e. The molecule has 0 unspecified atom stereocenters. The zero-order valence-electron chi connectivity index (χ0n) is 11.4. The molecule has 0 aromatic heterocycles. The van der Waals surface area contributed by atoms with Gasteiger partial charge in [-0.1, -0.05) is 30.3 Å². The van der Waals surface area contributed by atoms with Crippen LogP contribution in [0.1, 0.15) is 19.4 Å². The van der Waals surface area contributed by atoms with Gasteiger partial charge in [-0.05, 0) is 19.4 Å². The fourth-order valence-corrected chi connectivity index (χ4v) is 2.16. The number of carbonyl (C=O) groups excluding carboxylic acids is 3. The summed E-state index contributed by atoms with van der Waals surface area (Å²) in [5.41, 5.74) is 0.808. The third-order valence-corrected chi connectivity index (χ3v) is 3.02. The molecule has 1 amide bonds. The molecule has 0 saturated heterocycles. The van der Waals surface area contributed by atoms with Crippen LogP contribution in [-0.4, -0.2) is 35.7 Å². The van der Waals surface area contributed by atoms with Gasteiger partial charge in [0.15, 0.2) is 0 Å². The zero-order chi connectivity index (χ0) is 14.7. The summed E-state index contributed by atoms with van der Waals surface area (Å²) in [7, 11) is 0. The lowest BCUT2D eigenvalue weighted by molar-refractivity contribution is -0.143. The highest BCUT2D eigenvalue weighted by Crippen LogP contribution is 2.30. The van der Waals surface area contributed by atoms with E-state index in [1.165, 1.54) is 4.90 Å². The Kier molecular flexibility index (Phi) is 3.98. The lowest BCUT2D eigenvalue weighted by Gasteiger charge is -2.17. The number of hydrogen-bond acceptors (Lipinski definition) is 4. The first-order chi connectivity index (χ1) is 9.61. The number of Topliss-reactive ketones (excluding diaryl/α,β-unsaturated/α-hetero) is 1. The number of esters is 1. The molecule has 5 nitrogen and oxygen atoms in total. The van der Waals surface area contributed by atoms with Gasteiger partial charge in [-0.15, -0.1) is 0 Å². The van der Waals surface area contributed by atoms with E-state index in [0.29, 0.717) is 17.8 Å². The van der Waals surface area contributed by atoms with E-state index in [2.05, 4.69) is 0 Å². The van der Waals surface area contributed by atoms with Crippen LogP contribution in [-0.2, 0) is 19.1 Å². The predicted molar refractivity (Wildman–Crippen MR) is 72.4 cm³/mol. The summed E-state index contributed by atoms with van der Waals surface area (Å²) >= 11 is 0. The molecule has 1 heterocycles. The summed E-state index contributed by atoms with van der Waals surface area (Å²) in [6.07, 6.45) is 0. The maximum Gasteiger partial charge on any atom is 0.344 e. The van der Waals surface area contributed by atoms with Crippen molar-refractivity contribution in [1.82, 2.24) is 4.90 Å². The van der Waals surface area contributed by atoms with Crippen molar-refractivity contribution in [2.24, 2.45) is 0 Å². The molecule has 0 saturated carbocycles. The minimum atomic E-state index is -0.802. The molecule has 0 aliphatic carbocycles. The number of benzene rings is 1. The molecule has 5 heteroatoms. The Labute approximate surface area is 116 Å². The third kappa shape index (κ3) is 2.22.